The van der Waals surface area contributed by atoms with E-state index in [4.69, 9.17) is 15.7 Å². The van der Waals surface area contributed by atoms with Crippen molar-refractivity contribution in [2.45, 2.75) is 0 Å². The average molecular weight is 184 g/mol. The van der Waals surface area contributed by atoms with Gasteiger partial charge in [0.05, 0.1) is 0 Å². The molecule has 4 nitrogen and oxygen atoms in total. The Kier molecular flexibility index (Phi) is 15.4. The molecule has 0 spiro atoms. The van der Waals surface area contributed by atoms with Crippen LogP contribution in [0.3, 0.4) is 0 Å². The van der Waals surface area contributed by atoms with Gasteiger partial charge in [-0.2, -0.15) is 0 Å². The van der Waals surface area contributed by atoms with Gasteiger partial charge in [0.2, 0.25) is 0 Å². The van der Waals surface area contributed by atoms with Crippen molar-refractivity contribution in [3.63, 3.8) is 0 Å². The van der Waals surface area contributed by atoms with Crippen LogP contribution in [0, 0.1) is 0 Å². The van der Waals surface area contributed by atoms with Crippen LogP contribution in [0.1, 0.15) is 2.85 Å². The van der Waals surface area contributed by atoms with Crippen molar-refractivity contribution in [2.75, 3.05) is 0 Å². The molecule has 0 aliphatic heterocycles. The SMILES string of the molecule is [H-].[H-].[K+].[Na+].[O]=[Mn](=[O])(=[O])[OH]. The van der Waals surface area contributed by atoms with E-state index >= 15 is 0 Å². The van der Waals surface area contributed by atoms with Crippen molar-refractivity contribution >= 4 is 0 Å². The van der Waals surface area contributed by atoms with Gasteiger partial charge in [-0.15, -0.1) is 0 Å². The number of hydrogen-bond acceptors (Lipinski definition) is 3. The number of hydrogen-bond donors (Lipinski definition) is 1. The van der Waals surface area contributed by atoms with E-state index in [-0.39, 0.29) is 83.8 Å². The Bertz CT molecular complexity index is 140. The first-order valence-corrected chi connectivity index (χ1v) is 2.61. The van der Waals surface area contributed by atoms with Crippen LogP contribution in [0.15, 0.2) is 0 Å². The molecule has 0 radical (unpaired) electrons. The summed E-state index contributed by atoms with van der Waals surface area (Å²) in [6, 6.07) is 0. The van der Waals surface area contributed by atoms with Crippen LogP contribution < -0.4 is 80.9 Å². The predicted octanol–water partition coefficient (Wildman–Crippen LogP) is -6.68. The molecule has 7 heavy (non-hydrogen) atoms. The topological polar surface area (TPSA) is 71.4 Å². The molecule has 0 rings (SSSR count). The fourth-order valence-corrected chi connectivity index (χ4v) is 0. The molecule has 36 valence electrons. The first kappa shape index (κ1) is 16.3. The zero-order valence-corrected chi connectivity index (χ0v) is 10.4. The minimum atomic E-state index is -5.38. The van der Waals surface area contributed by atoms with Gasteiger partial charge in [0, 0.05) is 0 Å². The third-order valence-corrected chi connectivity index (χ3v) is 0. The molecular weight excluding hydrogens is 181 g/mol. The number of rotatable bonds is 0. The van der Waals surface area contributed by atoms with Crippen LogP contribution in [-0.2, 0) is 24.5 Å². The van der Waals surface area contributed by atoms with Gasteiger partial charge in [0.15, 0.2) is 0 Å². The van der Waals surface area contributed by atoms with Gasteiger partial charge in [0.25, 0.3) is 0 Å². The van der Waals surface area contributed by atoms with Gasteiger partial charge in [0.1, 0.15) is 0 Å². The zero-order valence-electron chi connectivity index (χ0n) is 6.05. The molecule has 0 saturated heterocycles. The van der Waals surface area contributed by atoms with E-state index in [2.05, 4.69) is 0 Å². The molecule has 0 unspecified atom stereocenters. The summed E-state index contributed by atoms with van der Waals surface area (Å²) in [7, 11) is 0. The Balaban J connectivity index is -0.0000000133. The van der Waals surface area contributed by atoms with Gasteiger partial charge < -0.3 is 2.85 Å². The van der Waals surface area contributed by atoms with E-state index in [1.165, 1.54) is 0 Å². The van der Waals surface area contributed by atoms with Crippen LogP contribution in [0.4, 0.5) is 0 Å². The minimum absolute atomic E-state index is 0. The maximum absolute atomic E-state index is 8.69. The van der Waals surface area contributed by atoms with Crippen molar-refractivity contribution in [3.8, 4) is 0 Å². The van der Waals surface area contributed by atoms with Gasteiger partial charge in [-0.05, 0) is 0 Å². The second-order valence-corrected chi connectivity index (χ2v) is 1.63. The van der Waals surface area contributed by atoms with Crippen molar-refractivity contribution in [2.24, 2.45) is 0 Å². The summed E-state index contributed by atoms with van der Waals surface area (Å²) >= 11 is -5.38. The Morgan fingerprint density at radius 3 is 1.29 bits per heavy atom. The van der Waals surface area contributed by atoms with E-state index in [1.54, 1.807) is 0 Å². The second-order valence-electron chi connectivity index (χ2n) is 0.396. The summed E-state index contributed by atoms with van der Waals surface area (Å²) in [5, 5.41) is 0. The fourth-order valence-electron chi connectivity index (χ4n) is 0. The average Bonchev–Trinajstić information content (AvgIpc) is 0.722. The molecule has 7 heteroatoms. The molecule has 0 heterocycles. The zero-order chi connectivity index (χ0) is 4.50. The molecule has 0 saturated carbocycles. The van der Waals surface area contributed by atoms with E-state index in [0.29, 0.717) is 0 Å². The molecule has 0 aromatic rings. The summed E-state index contributed by atoms with van der Waals surface area (Å²) in [6.45, 7) is 0. The fraction of sp³-hybridized carbons (Fsp3) is 0. The molecule has 0 bridgehead atoms. The van der Waals surface area contributed by atoms with Crippen molar-refractivity contribution in [3.05, 3.63) is 0 Å². The molecule has 0 aliphatic carbocycles. The first-order valence-electron chi connectivity index (χ1n) is 0.632. The van der Waals surface area contributed by atoms with Gasteiger partial charge >= 0.3 is 110 Å². The molecule has 0 amide bonds. The van der Waals surface area contributed by atoms with Gasteiger partial charge in [-0.1, -0.05) is 0 Å². The normalized spacial score (nSPS) is 8.14. The van der Waals surface area contributed by atoms with Crippen LogP contribution in [0.5, 0.6) is 0 Å². The summed E-state index contributed by atoms with van der Waals surface area (Å²) in [5.74, 6) is 0. The van der Waals surface area contributed by atoms with Crippen LogP contribution >= 0.6 is 0 Å². The van der Waals surface area contributed by atoms with E-state index in [0.717, 1.165) is 0 Å². The van der Waals surface area contributed by atoms with Crippen LogP contribution in [0.2, 0.25) is 0 Å². The van der Waals surface area contributed by atoms with E-state index < -0.39 is 13.0 Å². The Morgan fingerprint density at radius 1 is 1.29 bits per heavy atom. The quantitative estimate of drug-likeness (QED) is 0.380. The molecule has 0 aromatic heterocycles. The maximum atomic E-state index is 8.69. The molecule has 0 atom stereocenters. The molecule has 1 N–H and O–H groups in total. The molecular formula is H3KMnNaO4. The summed E-state index contributed by atoms with van der Waals surface area (Å²) in [4.78, 5) is 0. The first-order chi connectivity index (χ1) is 2.00. The summed E-state index contributed by atoms with van der Waals surface area (Å²) in [6.07, 6.45) is 0. The van der Waals surface area contributed by atoms with Crippen LogP contribution in [0.25, 0.3) is 0 Å². The Morgan fingerprint density at radius 2 is 1.29 bits per heavy atom. The summed E-state index contributed by atoms with van der Waals surface area (Å²) < 4.78 is 33.1. The van der Waals surface area contributed by atoms with E-state index in [9.17, 15) is 0 Å². The monoisotopic (exact) mass is 184 g/mol. The van der Waals surface area contributed by atoms with Crippen molar-refractivity contribution in [1.29, 1.82) is 0 Å². The standard InChI is InChI=1S/K.Mn.Na.H2O.3O.2H/h;;;1H2;;;;;/q3*+1;;;;;2*-1/p-1. The van der Waals surface area contributed by atoms with E-state index in [1.807, 2.05) is 0 Å². The third-order valence-electron chi connectivity index (χ3n) is 0. The van der Waals surface area contributed by atoms with Crippen LogP contribution in [-0.4, -0.2) is 4.19 Å². The Hall–Kier alpha value is 2.52. The molecule has 0 aromatic carbocycles. The predicted molar refractivity (Wildman–Crippen MR) is 6.50 cm³/mol. The third kappa shape index (κ3) is 57.1. The van der Waals surface area contributed by atoms with Gasteiger partial charge in [-0.25, -0.2) is 0 Å². The molecule has 0 fully saturated rings. The van der Waals surface area contributed by atoms with Crippen molar-refractivity contribution < 1.29 is 112 Å². The summed E-state index contributed by atoms with van der Waals surface area (Å²) in [5.41, 5.74) is 0. The molecule has 0 aliphatic rings. The van der Waals surface area contributed by atoms with Crippen molar-refractivity contribution in [1.82, 2.24) is 0 Å². The second kappa shape index (κ2) is 6.63. The Labute approximate surface area is 110 Å². The van der Waals surface area contributed by atoms with Gasteiger partial charge in [-0.3, -0.25) is 0 Å².